The van der Waals surface area contributed by atoms with Crippen LogP contribution in [0.25, 0.3) is 0 Å². The molecular formula is C16H30N2O3. The van der Waals surface area contributed by atoms with E-state index in [0.717, 1.165) is 32.4 Å². The third kappa shape index (κ3) is 6.82. The highest BCUT2D eigenvalue weighted by molar-refractivity contribution is 5.76. The molecule has 1 aliphatic heterocycles. The van der Waals surface area contributed by atoms with Gasteiger partial charge in [-0.2, -0.15) is 0 Å². The van der Waals surface area contributed by atoms with Gasteiger partial charge in [-0.05, 0) is 37.0 Å². The fourth-order valence-corrected chi connectivity index (χ4v) is 2.77. The largest absolute Gasteiger partial charge is 0.481 e. The van der Waals surface area contributed by atoms with Gasteiger partial charge in [-0.15, -0.1) is 0 Å². The van der Waals surface area contributed by atoms with E-state index in [9.17, 15) is 14.7 Å². The monoisotopic (exact) mass is 298 g/mol. The van der Waals surface area contributed by atoms with Gasteiger partial charge in [0.25, 0.3) is 0 Å². The minimum absolute atomic E-state index is 0.0637. The molecule has 2 unspecified atom stereocenters. The van der Waals surface area contributed by atoms with E-state index in [0.29, 0.717) is 12.3 Å². The smallest absolute Gasteiger partial charge is 0.317 e. The van der Waals surface area contributed by atoms with Crippen LogP contribution in [0.15, 0.2) is 0 Å². The van der Waals surface area contributed by atoms with Gasteiger partial charge in [-0.3, -0.25) is 4.79 Å². The molecule has 2 atom stereocenters. The van der Waals surface area contributed by atoms with Crippen LogP contribution in [0.2, 0.25) is 0 Å². The van der Waals surface area contributed by atoms with Crippen molar-refractivity contribution in [3.05, 3.63) is 0 Å². The standard InChI is InChI=1S/C16H30N2O3/c1-12-6-5-8-18(9-7-12)15(21)17-11-13(14(19)20)10-16(2,3)4/h12-13H,5-11H2,1-4H3,(H,17,21)(H,19,20). The Morgan fingerprint density at radius 2 is 1.95 bits per heavy atom. The summed E-state index contributed by atoms with van der Waals surface area (Å²) in [5, 5.41) is 12.1. The normalized spacial score (nSPS) is 21.5. The van der Waals surface area contributed by atoms with Gasteiger partial charge in [-0.25, -0.2) is 4.79 Å². The predicted molar refractivity (Wildman–Crippen MR) is 83.2 cm³/mol. The van der Waals surface area contributed by atoms with Crippen molar-refractivity contribution in [1.82, 2.24) is 10.2 Å². The Morgan fingerprint density at radius 3 is 2.52 bits per heavy atom. The van der Waals surface area contributed by atoms with Crippen molar-refractivity contribution in [2.75, 3.05) is 19.6 Å². The van der Waals surface area contributed by atoms with Gasteiger partial charge in [0, 0.05) is 19.6 Å². The van der Waals surface area contributed by atoms with E-state index < -0.39 is 11.9 Å². The number of urea groups is 1. The highest BCUT2D eigenvalue weighted by Crippen LogP contribution is 2.24. The van der Waals surface area contributed by atoms with Crippen LogP contribution in [-0.4, -0.2) is 41.6 Å². The van der Waals surface area contributed by atoms with E-state index in [1.54, 1.807) is 0 Å². The van der Waals surface area contributed by atoms with Crippen molar-refractivity contribution in [3.8, 4) is 0 Å². The Morgan fingerprint density at radius 1 is 1.29 bits per heavy atom. The van der Waals surface area contributed by atoms with Crippen LogP contribution >= 0.6 is 0 Å². The van der Waals surface area contributed by atoms with Crippen molar-refractivity contribution in [3.63, 3.8) is 0 Å². The highest BCUT2D eigenvalue weighted by atomic mass is 16.4. The first-order chi connectivity index (χ1) is 9.69. The minimum atomic E-state index is -0.838. The van der Waals surface area contributed by atoms with Crippen LogP contribution in [0.4, 0.5) is 4.79 Å². The van der Waals surface area contributed by atoms with Crippen molar-refractivity contribution < 1.29 is 14.7 Å². The Labute approximate surface area is 128 Å². The van der Waals surface area contributed by atoms with Crippen LogP contribution in [0.3, 0.4) is 0 Å². The topological polar surface area (TPSA) is 69.6 Å². The molecule has 122 valence electrons. The molecule has 0 aliphatic carbocycles. The number of nitrogens with one attached hydrogen (secondary N) is 1. The molecule has 1 rings (SSSR count). The molecular weight excluding hydrogens is 268 g/mol. The zero-order valence-electron chi connectivity index (χ0n) is 13.8. The summed E-state index contributed by atoms with van der Waals surface area (Å²) in [6, 6.07) is -0.121. The molecule has 1 aliphatic rings. The van der Waals surface area contributed by atoms with Gasteiger partial charge in [0.2, 0.25) is 0 Å². The maximum Gasteiger partial charge on any atom is 0.317 e. The molecule has 0 spiro atoms. The molecule has 5 nitrogen and oxygen atoms in total. The number of carbonyl (C=O) groups is 2. The number of hydrogen-bond acceptors (Lipinski definition) is 2. The van der Waals surface area contributed by atoms with E-state index >= 15 is 0 Å². The van der Waals surface area contributed by atoms with Crippen molar-refractivity contribution >= 4 is 12.0 Å². The lowest BCUT2D eigenvalue weighted by atomic mass is 9.84. The summed E-state index contributed by atoms with van der Waals surface area (Å²) >= 11 is 0. The van der Waals surface area contributed by atoms with Crippen molar-refractivity contribution in [2.24, 2.45) is 17.3 Å². The number of carboxylic acids is 1. The zero-order chi connectivity index (χ0) is 16.0. The highest BCUT2D eigenvalue weighted by Gasteiger charge is 2.26. The number of nitrogens with zero attached hydrogens (tertiary/aromatic N) is 1. The summed E-state index contributed by atoms with van der Waals surface area (Å²) in [6.45, 7) is 10.0. The van der Waals surface area contributed by atoms with Crippen molar-refractivity contribution in [2.45, 2.75) is 53.4 Å². The average Bonchev–Trinajstić information content (AvgIpc) is 2.57. The van der Waals surface area contributed by atoms with Crippen molar-refractivity contribution in [1.29, 1.82) is 0 Å². The van der Waals surface area contributed by atoms with Crippen LogP contribution in [-0.2, 0) is 4.79 Å². The molecule has 0 radical (unpaired) electrons. The quantitative estimate of drug-likeness (QED) is 0.838. The molecule has 2 amide bonds. The summed E-state index contributed by atoms with van der Waals surface area (Å²) in [6.07, 6.45) is 3.77. The Hall–Kier alpha value is -1.26. The van der Waals surface area contributed by atoms with Crippen LogP contribution in [0.1, 0.15) is 53.4 Å². The number of amides is 2. The van der Waals surface area contributed by atoms with Crippen LogP contribution in [0, 0.1) is 17.3 Å². The van der Waals surface area contributed by atoms with Crippen LogP contribution < -0.4 is 5.32 Å². The second kappa shape index (κ2) is 7.66. The second-order valence-electron chi connectivity index (χ2n) is 7.51. The van der Waals surface area contributed by atoms with Gasteiger partial charge in [0.05, 0.1) is 5.92 Å². The van der Waals surface area contributed by atoms with E-state index in [2.05, 4.69) is 12.2 Å². The van der Waals surface area contributed by atoms with Gasteiger partial charge in [0.1, 0.15) is 0 Å². The molecule has 1 fully saturated rings. The number of aliphatic carboxylic acids is 1. The molecule has 1 saturated heterocycles. The Balaban J connectivity index is 2.47. The Kier molecular flexibility index (Phi) is 6.49. The molecule has 0 aromatic carbocycles. The maximum absolute atomic E-state index is 12.2. The molecule has 1 heterocycles. The SMILES string of the molecule is CC1CCCN(C(=O)NCC(CC(C)(C)C)C(=O)O)CC1. The summed E-state index contributed by atoms with van der Waals surface area (Å²) in [5.74, 6) is -0.704. The maximum atomic E-state index is 12.2. The average molecular weight is 298 g/mol. The molecule has 2 N–H and O–H groups in total. The number of carboxylic acid groups (broad SMARTS) is 1. The molecule has 0 saturated carbocycles. The van der Waals surface area contributed by atoms with Gasteiger partial charge in [-0.1, -0.05) is 27.7 Å². The number of rotatable bonds is 4. The summed E-state index contributed by atoms with van der Waals surface area (Å²) in [5.41, 5.74) is -0.0637. The fraction of sp³-hybridized carbons (Fsp3) is 0.875. The first-order valence-electron chi connectivity index (χ1n) is 7.94. The van der Waals surface area contributed by atoms with Gasteiger partial charge < -0.3 is 15.3 Å². The van der Waals surface area contributed by atoms with E-state index in [1.807, 2.05) is 25.7 Å². The third-order valence-electron chi connectivity index (χ3n) is 4.01. The lowest BCUT2D eigenvalue weighted by Crippen LogP contribution is -2.43. The molecule has 0 aromatic heterocycles. The van der Waals surface area contributed by atoms with E-state index in [4.69, 9.17) is 0 Å². The molecule has 0 bridgehead atoms. The first-order valence-corrected chi connectivity index (χ1v) is 7.94. The molecule has 5 heteroatoms. The number of carbonyl (C=O) groups excluding carboxylic acids is 1. The third-order valence-corrected chi connectivity index (χ3v) is 4.01. The predicted octanol–water partition coefficient (Wildman–Crippen LogP) is 2.96. The second-order valence-corrected chi connectivity index (χ2v) is 7.51. The number of hydrogen-bond donors (Lipinski definition) is 2. The summed E-state index contributed by atoms with van der Waals surface area (Å²) in [7, 11) is 0. The zero-order valence-corrected chi connectivity index (χ0v) is 13.8. The summed E-state index contributed by atoms with van der Waals surface area (Å²) in [4.78, 5) is 25.3. The van der Waals surface area contributed by atoms with E-state index in [-0.39, 0.29) is 18.0 Å². The Bertz CT molecular complexity index is 363. The first kappa shape index (κ1) is 17.8. The van der Waals surface area contributed by atoms with Crippen LogP contribution in [0.5, 0.6) is 0 Å². The summed E-state index contributed by atoms with van der Waals surface area (Å²) < 4.78 is 0. The molecule has 0 aromatic rings. The molecule has 21 heavy (non-hydrogen) atoms. The minimum Gasteiger partial charge on any atom is -0.481 e. The lowest BCUT2D eigenvalue weighted by Gasteiger charge is -2.25. The lowest BCUT2D eigenvalue weighted by molar-refractivity contribution is -0.142. The van der Waals surface area contributed by atoms with Gasteiger partial charge in [0.15, 0.2) is 0 Å². The van der Waals surface area contributed by atoms with E-state index in [1.165, 1.54) is 0 Å². The fourth-order valence-electron chi connectivity index (χ4n) is 2.77. The van der Waals surface area contributed by atoms with Gasteiger partial charge >= 0.3 is 12.0 Å². The number of likely N-dealkylation sites (tertiary alicyclic amines) is 1.